The van der Waals surface area contributed by atoms with Gasteiger partial charge >= 0.3 is 5.97 Å². The van der Waals surface area contributed by atoms with E-state index in [0.29, 0.717) is 19.5 Å². The molecule has 4 heteroatoms. The minimum atomic E-state index is -0.763. The standard InChI is InChI=1S/C11H15NO3/c13-10-5-3-9(4-6-10)8-12-7-1-2-11(14)15/h3-6,12-13H,1-2,7-8H2,(H,14,15). The van der Waals surface area contributed by atoms with Gasteiger partial charge in [0.2, 0.25) is 0 Å². The topological polar surface area (TPSA) is 69.6 Å². The number of carboxylic acid groups (broad SMARTS) is 1. The average molecular weight is 209 g/mol. The van der Waals surface area contributed by atoms with Gasteiger partial charge in [-0.2, -0.15) is 0 Å². The van der Waals surface area contributed by atoms with Gasteiger partial charge in [-0.05, 0) is 30.7 Å². The van der Waals surface area contributed by atoms with Crippen LogP contribution in [-0.4, -0.2) is 22.7 Å². The highest BCUT2D eigenvalue weighted by molar-refractivity contribution is 5.66. The summed E-state index contributed by atoms with van der Waals surface area (Å²) in [6.07, 6.45) is 0.829. The lowest BCUT2D eigenvalue weighted by atomic mass is 10.2. The van der Waals surface area contributed by atoms with Crippen LogP contribution in [0.5, 0.6) is 5.75 Å². The van der Waals surface area contributed by atoms with Gasteiger partial charge in [0.15, 0.2) is 0 Å². The lowest BCUT2D eigenvalue weighted by molar-refractivity contribution is -0.137. The van der Waals surface area contributed by atoms with E-state index in [1.807, 2.05) is 12.1 Å². The minimum Gasteiger partial charge on any atom is -0.508 e. The van der Waals surface area contributed by atoms with Crippen molar-refractivity contribution in [3.63, 3.8) is 0 Å². The highest BCUT2D eigenvalue weighted by Gasteiger charge is 1.96. The summed E-state index contributed by atoms with van der Waals surface area (Å²) in [7, 11) is 0. The zero-order valence-corrected chi connectivity index (χ0v) is 8.44. The molecule has 82 valence electrons. The molecular formula is C11H15NO3. The van der Waals surface area contributed by atoms with E-state index in [2.05, 4.69) is 5.32 Å². The van der Waals surface area contributed by atoms with Crippen LogP contribution in [-0.2, 0) is 11.3 Å². The normalized spacial score (nSPS) is 10.1. The molecule has 1 rings (SSSR count). The SMILES string of the molecule is O=C(O)CCCNCc1ccc(O)cc1. The third kappa shape index (κ3) is 5.02. The smallest absolute Gasteiger partial charge is 0.303 e. The molecule has 0 unspecified atom stereocenters. The molecule has 0 spiro atoms. The van der Waals surface area contributed by atoms with Crippen molar-refractivity contribution in [2.24, 2.45) is 0 Å². The third-order valence-corrected chi connectivity index (χ3v) is 2.01. The predicted molar refractivity (Wildman–Crippen MR) is 56.7 cm³/mol. The van der Waals surface area contributed by atoms with E-state index in [9.17, 15) is 4.79 Å². The quantitative estimate of drug-likeness (QED) is 0.618. The lowest BCUT2D eigenvalue weighted by Gasteiger charge is -2.03. The van der Waals surface area contributed by atoms with Crippen LogP contribution in [0.15, 0.2) is 24.3 Å². The Morgan fingerprint density at radius 3 is 2.53 bits per heavy atom. The number of benzene rings is 1. The van der Waals surface area contributed by atoms with E-state index < -0.39 is 5.97 Å². The van der Waals surface area contributed by atoms with Crippen LogP contribution in [0.1, 0.15) is 18.4 Å². The fraction of sp³-hybridized carbons (Fsp3) is 0.364. The van der Waals surface area contributed by atoms with E-state index in [1.54, 1.807) is 12.1 Å². The zero-order chi connectivity index (χ0) is 11.1. The molecule has 0 fully saturated rings. The van der Waals surface area contributed by atoms with E-state index in [0.717, 1.165) is 5.56 Å². The van der Waals surface area contributed by atoms with Crippen molar-refractivity contribution in [1.29, 1.82) is 0 Å². The van der Waals surface area contributed by atoms with Gasteiger partial charge in [0.25, 0.3) is 0 Å². The first-order valence-electron chi connectivity index (χ1n) is 4.89. The molecule has 1 aromatic rings. The summed E-state index contributed by atoms with van der Waals surface area (Å²) in [5, 5.41) is 20.6. The Morgan fingerprint density at radius 2 is 1.93 bits per heavy atom. The number of phenols is 1. The summed E-state index contributed by atoms with van der Waals surface area (Å²) >= 11 is 0. The second-order valence-electron chi connectivity index (χ2n) is 3.34. The fourth-order valence-corrected chi connectivity index (χ4v) is 1.21. The molecule has 0 atom stereocenters. The van der Waals surface area contributed by atoms with Gasteiger partial charge in [0.05, 0.1) is 0 Å². The molecule has 4 nitrogen and oxygen atoms in total. The fourth-order valence-electron chi connectivity index (χ4n) is 1.21. The lowest BCUT2D eigenvalue weighted by Crippen LogP contribution is -2.15. The second kappa shape index (κ2) is 6.03. The van der Waals surface area contributed by atoms with Crippen molar-refractivity contribution in [2.45, 2.75) is 19.4 Å². The molecule has 0 aromatic heterocycles. The molecule has 0 bridgehead atoms. The van der Waals surface area contributed by atoms with Crippen LogP contribution in [0, 0.1) is 0 Å². The van der Waals surface area contributed by atoms with Gasteiger partial charge in [-0.25, -0.2) is 0 Å². The van der Waals surface area contributed by atoms with Crippen molar-refractivity contribution in [1.82, 2.24) is 5.32 Å². The molecular weight excluding hydrogens is 194 g/mol. The number of aliphatic carboxylic acids is 1. The van der Waals surface area contributed by atoms with Gasteiger partial charge in [-0.3, -0.25) is 4.79 Å². The Bertz CT molecular complexity index is 308. The summed E-state index contributed by atoms with van der Waals surface area (Å²) in [5.74, 6) is -0.508. The van der Waals surface area contributed by atoms with Crippen molar-refractivity contribution in [3.05, 3.63) is 29.8 Å². The summed E-state index contributed by atoms with van der Waals surface area (Å²) in [5.41, 5.74) is 1.07. The maximum absolute atomic E-state index is 10.2. The minimum absolute atomic E-state index is 0.197. The largest absolute Gasteiger partial charge is 0.508 e. The van der Waals surface area contributed by atoms with Gasteiger partial charge in [-0.15, -0.1) is 0 Å². The molecule has 0 amide bonds. The molecule has 0 saturated heterocycles. The summed E-state index contributed by atoms with van der Waals surface area (Å²) in [6, 6.07) is 6.93. The summed E-state index contributed by atoms with van der Waals surface area (Å²) in [4.78, 5) is 10.2. The number of carbonyl (C=O) groups is 1. The summed E-state index contributed by atoms with van der Waals surface area (Å²) < 4.78 is 0. The predicted octanol–water partition coefficient (Wildman–Crippen LogP) is 1.35. The molecule has 0 aliphatic rings. The Labute approximate surface area is 88.6 Å². The first kappa shape index (κ1) is 11.5. The zero-order valence-electron chi connectivity index (χ0n) is 8.44. The van der Waals surface area contributed by atoms with Crippen LogP contribution >= 0.6 is 0 Å². The highest BCUT2D eigenvalue weighted by Crippen LogP contribution is 2.08. The molecule has 3 N–H and O–H groups in total. The van der Waals surface area contributed by atoms with E-state index >= 15 is 0 Å². The Balaban J connectivity index is 2.15. The second-order valence-corrected chi connectivity index (χ2v) is 3.34. The first-order valence-corrected chi connectivity index (χ1v) is 4.89. The number of rotatable bonds is 6. The molecule has 0 aliphatic carbocycles. The van der Waals surface area contributed by atoms with Gasteiger partial charge in [-0.1, -0.05) is 12.1 Å². The number of hydrogen-bond donors (Lipinski definition) is 3. The summed E-state index contributed by atoms with van der Waals surface area (Å²) in [6.45, 7) is 1.38. The van der Waals surface area contributed by atoms with E-state index in [4.69, 9.17) is 10.2 Å². The Morgan fingerprint density at radius 1 is 1.27 bits per heavy atom. The van der Waals surface area contributed by atoms with E-state index in [1.165, 1.54) is 0 Å². The number of nitrogens with one attached hydrogen (secondary N) is 1. The van der Waals surface area contributed by atoms with Crippen LogP contribution < -0.4 is 5.32 Å². The Kier molecular flexibility index (Phi) is 4.63. The van der Waals surface area contributed by atoms with Crippen molar-refractivity contribution < 1.29 is 15.0 Å². The third-order valence-electron chi connectivity index (χ3n) is 2.01. The molecule has 0 heterocycles. The van der Waals surface area contributed by atoms with Crippen molar-refractivity contribution >= 4 is 5.97 Å². The van der Waals surface area contributed by atoms with Crippen LogP contribution in [0.3, 0.4) is 0 Å². The number of aromatic hydroxyl groups is 1. The average Bonchev–Trinajstić information content (AvgIpc) is 2.20. The molecule has 0 aliphatic heterocycles. The van der Waals surface area contributed by atoms with E-state index in [-0.39, 0.29) is 12.2 Å². The van der Waals surface area contributed by atoms with Crippen LogP contribution in [0.2, 0.25) is 0 Å². The number of carboxylic acids is 1. The van der Waals surface area contributed by atoms with Crippen LogP contribution in [0.4, 0.5) is 0 Å². The monoisotopic (exact) mass is 209 g/mol. The van der Waals surface area contributed by atoms with Crippen molar-refractivity contribution in [3.8, 4) is 5.75 Å². The molecule has 0 saturated carbocycles. The van der Waals surface area contributed by atoms with Gasteiger partial charge < -0.3 is 15.5 Å². The van der Waals surface area contributed by atoms with Crippen molar-refractivity contribution in [2.75, 3.05) is 6.54 Å². The molecule has 0 radical (unpaired) electrons. The van der Waals surface area contributed by atoms with Crippen LogP contribution in [0.25, 0.3) is 0 Å². The van der Waals surface area contributed by atoms with Gasteiger partial charge in [0.1, 0.15) is 5.75 Å². The number of hydrogen-bond acceptors (Lipinski definition) is 3. The first-order chi connectivity index (χ1) is 7.18. The highest BCUT2D eigenvalue weighted by atomic mass is 16.4. The van der Waals surface area contributed by atoms with Gasteiger partial charge in [0, 0.05) is 13.0 Å². The molecule has 1 aromatic carbocycles. The maximum atomic E-state index is 10.2. The number of phenolic OH excluding ortho intramolecular Hbond substituents is 1. The maximum Gasteiger partial charge on any atom is 0.303 e. The molecule has 15 heavy (non-hydrogen) atoms. The Hall–Kier alpha value is -1.55.